The number of hydrogen-bond acceptors (Lipinski definition) is 3. The lowest BCUT2D eigenvalue weighted by atomic mass is 10.1. The molecule has 1 aromatic carbocycles. The Kier molecular flexibility index (Phi) is 6.75. The second-order valence-corrected chi connectivity index (χ2v) is 6.16. The minimum atomic E-state index is -4.54. The Balaban J connectivity index is 1.92. The highest BCUT2D eigenvalue weighted by Gasteiger charge is 2.34. The molecule has 0 bridgehead atoms. The first-order chi connectivity index (χ1) is 12.7. The maximum Gasteiger partial charge on any atom is 0.416 e. The van der Waals surface area contributed by atoms with Gasteiger partial charge < -0.3 is 25.6 Å². The molecule has 0 spiro atoms. The predicted molar refractivity (Wildman–Crippen MR) is 92.4 cm³/mol. The number of urea groups is 2. The number of nitrogens with one attached hydrogen (secondary N) is 3. The van der Waals surface area contributed by atoms with Crippen LogP contribution >= 0.6 is 0 Å². The van der Waals surface area contributed by atoms with Crippen LogP contribution in [0.25, 0.3) is 0 Å². The van der Waals surface area contributed by atoms with E-state index >= 15 is 0 Å². The van der Waals surface area contributed by atoms with Gasteiger partial charge in [-0.3, -0.25) is 0 Å². The van der Waals surface area contributed by atoms with Gasteiger partial charge in [0.15, 0.2) is 0 Å². The summed E-state index contributed by atoms with van der Waals surface area (Å²) >= 11 is 0. The van der Waals surface area contributed by atoms with E-state index in [1.165, 1.54) is 31.2 Å². The Morgan fingerprint density at radius 3 is 2.48 bits per heavy atom. The molecule has 150 valence electrons. The number of rotatable bonds is 4. The summed E-state index contributed by atoms with van der Waals surface area (Å²) in [5.74, 6) is 0.100. The number of carbonyl (C=O) groups excluding carboxylic acids is 2. The summed E-state index contributed by atoms with van der Waals surface area (Å²) in [6, 6.07) is 2.88. The molecule has 1 aliphatic rings. The zero-order valence-corrected chi connectivity index (χ0v) is 15.2. The topological polar surface area (TPSA) is 82.7 Å². The molecule has 0 unspecified atom stereocenters. The molecule has 2 rings (SSSR count). The van der Waals surface area contributed by atoms with Crippen LogP contribution in [0.15, 0.2) is 18.2 Å². The van der Waals surface area contributed by atoms with Gasteiger partial charge in [-0.2, -0.15) is 13.2 Å². The van der Waals surface area contributed by atoms with Gasteiger partial charge in [-0.15, -0.1) is 0 Å². The quantitative estimate of drug-likeness (QED) is 0.740. The second-order valence-electron chi connectivity index (χ2n) is 6.16. The summed E-state index contributed by atoms with van der Waals surface area (Å²) in [5.41, 5.74) is -0.872. The van der Waals surface area contributed by atoms with E-state index in [4.69, 9.17) is 4.74 Å². The van der Waals surface area contributed by atoms with Crippen molar-refractivity contribution >= 4 is 12.1 Å². The van der Waals surface area contributed by atoms with Crippen molar-refractivity contribution in [2.24, 2.45) is 0 Å². The molecule has 1 fully saturated rings. The zero-order chi connectivity index (χ0) is 20.0. The average Bonchev–Trinajstić information content (AvgIpc) is 2.65. The largest absolute Gasteiger partial charge is 0.497 e. The fraction of sp³-hybridized carbons (Fsp3) is 0.529. The molecule has 0 atom stereocenters. The van der Waals surface area contributed by atoms with Gasteiger partial charge in [-0.25, -0.2) is 9.59 Å². The summed E-state index contributed by atoms with van der Waals surface area (Å²) in [5, 5.41) is 7.77. The standard InChI is InChI=1S/C17H23F3N4O3/c1-21-15(25)23-12-5-7-24(8-6-12)16(26)22-10-11-3-4-13(27-2)9-14(11)17(18,19)20/h3-4,9,12H,5-8,10H2,1-2H3,(H,22,26)(H2,21,23,25). The van der Waals surface area contributed by atoms with Crippen LogP contribution in [-0.2, 0) is 12.7 Å². The van der Waals surface area contributed by atoms with Gasteiger partial charge in [0.25, 0.3) is 0 Å². The molecule has 4 amide bonds. The Labute approximate surface area is 155 Å². The van der Waals surface area contributed by atoms with Crippen molar-refractivity contribution in [3.8, 4) is 5.75 Å². The number of carbonyl (C=O) groups is 2. The molecule has 1 aliphatic heterocycles. The van der Waals surface area contributed by atoms with E-state index in [1.807, 2.05) is 0 Å². The van der Waals surface area contributed by atoms with E-state index in [2.05, 4.69) is 16.0 Å². The minimum absolute atomic E-state index is 0.0344. The molecule has 0 radical (unpaired) electrons. The van der Waals surface area contributed by atoms with E-state index in [-0.39, 0.29) is 29.9 Å². The number of benzene rings is 1. The first-order valence-corrected chi connectivity index (χ1v) is 8.49. The number of nitrogens with zero attached hydrogens (tertiary/aromatic N) is 1. The van der Waals surface area contributed by atoms with E-state index in [9.17, 15) is 22.8 Å². The molecule has 10 heteroatoms. The number of alkyl halides is 3. The minimum Gasteiger partial charge on any atom is -0.497 e. The van der Waals surface area contributed by atoms with Crippen molar-refractivity contribution in [1.82, 2.24) is 20.9 Å². The van der Waals surface area contributed by atoms with Crippen molar-refractivity contribution in [3.63, 3.8) is 0 Å². The van der Waals surface area contributed by atoms with E-state index in [1.54, 1.807) is 0 Å². The summed E-state index contributed by atoms with van der Waals surface area (Å²) in [6.07, 6.45) is -3.38. The first kappa shape index (κ1) is 20.7. The predicted octanol–water partition coefficient (Wildman–Crippen LogP) is 2.32. The molecule has 1 aromatic rings. The van der Waals surface area contributed by atoms with Gasteiger partial charge in [0.1, 0.15) is 5.75 Å². The van der Waals surface area contributed by atoms with Crippen LogP contribution < -0.4 is 20.7 Å². The van der Waals surface area contributed by atoms with Crippen LogP contribution in [0.5, 0.6) is 5.75 Å². The molecule has 7 nitrogen and oxygen atoms in total. The molecule has 1 saturated heterocycles. The molecule has 27 heavy (non-hydrogen) atoms. The first-order valence-electron chi connectivity index (χ1n) is 8.49. The molecular formula is C17H23F3N4O3. The van der Waals surface area contributed by atoms with Crippen molar-refractivity contribution in [1.29, 1.82) is 0 Å². The van der Waals surface area contributed by atoms with E-state index in [0.29, 0.717) is 25.9 Å². The summed E-state index contributed by atoms with van der Waals surface area (Å²) < 4.78 is 44.4. The lowest BCUT2D eigenvalue weighted by Gasteiger charge is -2.32. The third kappa shape index (κ3) is 5.66. The van der Waals surface area contributed by atoms with Crippen LogP contribution in [0.4, 0.5) is 22.8 Å². The van der Waals surface area contributed by atoms with Gasteiger partial charge >= 0.3 is 18.2 Å². The maximum atomic E-state index is 13.2. The molecule has 1 heterocycles. The Bertz CT molecular complexity index is 674. The fourth-order valence-corrected chi connectivity index (χ4v) is 2.87. The number of ether oxygens (including phenoxy) is 1. The van der Waals surface area contributed by atoms with E-state index in [0.717, 1.165) is 6.07 Å². The van der Waals surface area contributed by atoms with Gasteiger partial charge in [0.05, 0.1) is 12.7 Å². The van der Waals surface area contributed by atoms with Gasteiger partial charge in [-0.1, -0.05) is 6.07 Å². The fourth-order valence-electron chi connectivity index (χ4n) is 2.87. The summed E-state index contributed by atoms with van der Waals surface area (Å²) in [7, 11) is 2.81. The number of methoxy groups -OCH3 is 1. The van der Waals surface area contributed by atoms with Crippen LogP contribution in [0.2, 0.25) is 0 Å². The molecule has 0 aliphatic carbocycles. The van der Waals surface area contributed by atoms with Gasteiger partial charge in [0, 0.05) is 32.7 Å². The van der Waals surface area contributed by atoms with E-state index < -0.39 is 17.8 Å². The SMILES string of the molecule is CNC(=O)NC1CCN(C(=O)NCc2ccc(OC)cc2C(F)(F)F)CC1. The number of amides is 4. The third-order valence-corrected chi connectivity index (χ3v) is 4.40. The number of halogens is 3. The molecular weight excluding hydrogens is 365 g/mol. The smallest absolute Gasteiger partial charge is 0.416 e. The van der Waals surface area contributed by atoms with Crippen molar-refractivity contribution in [3.05, 3.63) is 29.3 Å². The van der Waals surface area contributed by atoms with Crippen molar-refractivity contribution in [2.45, 2.75) is 31.6 Å². The highest BCUT2D eigenvalue weighted by molar-refractivity contribution is 5.75. The Morgan fingerprint density at radius 2 is 1.93 bits per heavy atom. The number of hydrogen-bond donors (Lipinski definition) is 3. The van der Waals surface area contributed by atoms with Crippen LogP contribution in [0.3, 0.4) is 0 Å². The number of piperidine rings is 1. The maximum absolute atomic E-state index is 13.2. The normalized spacial score (nSPS) is 15.2. The van der Waals surface area contributed by atoms with Crippen molar-refractivity contribution < 1.29 is 27.5 Å². The lowest BCUT2D eigenvalue weighted by molar-refractivity contribution is -0.138. The Morgan fingerprint density at radius 1 is 1.26 bits per heavy atom. The van der Waals surface area contributed by atoms with Gasteiger partial charge in [0.2, 0.25) is 0 Å². The van der Waals surface area contributed by atoms with Crippen LogP contribution in [0, 0.1) is 0 Å². The zero-order valence-electron chi connectivity index (χ0n) is 15.2. The van der Waals surface area contributed by atoms with Crippen LogP contribution in [-0.4, -0.2) is 50.3 Å². The number of likely N-dealkylation sites (tertiary alicyclic amines) is 1. The second kappa shape index (κ2) is 8.83. The monoisotopic (exact) mass is 388 g/mol. The summed E-state index contributed by atoms with van der Waals surface area (Å²) in [4.78, 5) is 25.1. The highest BCUT2D eigenvalue weighted by Crippen LogP contribution is 2.34. The lowest BCUT2D eigenvalue weighted by Crippen LogP contribution is -2.50. The third-order valence-electron chi connectivity index (χ3n) is 4.40. The summed E-state index contributed by atoms with van der Waals surface area (Å²) in [6.45, 7) is 0.582. The average molecular weight is 388 g/mol. The Hall–Kier alpha value is -2.65. The molecule has 0 saturated carbocycles. The molecule has 0 aromatic heterocycles. The van der Waals surface area contributed by atoms with Crippen molar-refractivity contribution in [2.75, 3.05) is 27.2 Å². The highest BCUT2D eigenvalue weighted by atomic mass is 19.4. The molecule has 3 N–H and O–H groups in total. The van der Waals surface area contributed by atoms with Crippen LogP contribution in [0.1, 0.15) is 24.0 Å². The van der Waals surface area contributed by atoms with Gasteiger partial charge in [-0.05, 0) is 30.5 Å².